The van der Waals surface area contributed by atoms with Gasteiger partial charge >= 0.3 is 0 Å². The van der Waals surface area contributed by atoms with Crippen LogP contribution >= 0.6 is 0 Å². The van der Waals surface area contributed by atoms with Crippen molar-refractivity contribution in [1.29, 1.82) is 0 Å². The lowest BCUT2D eigenvalue weighted by Crippen LogP contribution is -2.33. The van der Waals surface area contributed by atoms with Crippen LogP contribution in [0.2, 0.25) is 0 Å². The van der Waals surface area contributed by atoms with E-state index in [-0.39, 0.29) is 12.5 Å². The summed E-state index contributed by atoms with van der Waals surface area (Å²) in [4.78, 5) is 13.5. The largest absolute Gasteiger partial charge is 0.484 e. The zero-order chi connectivity index (χ0) is 15.2. The predicted molar refractivity (Wildman–Crippen MR) is 83.4 cm³/mol. The fourth-order valence-corrected chi connectivity index (χ4v) is 2.02. The Labute approximate surface area is 124 Å². The van der Waals surface area contributed by atoms with E-state index in [4.69, 9.17) is 4.74 Å². The summed E-state index contributed by atoms with van der Waals surface area (Å²) in [5, 5.41) is 11.5. The molecule has 0 aromatic heterocycles. The average Bonchev–Trinajstić information content (AvgIpc) is 2.49. The van der Waals surface area contributed by atoms with Gasteiger partial charge in [-0.3, -0.25) is 4.79 Å². The summed E-state index contributed by atoms with van der Waals surface area (Å²) in [6.45, 7) is 2.25. The second-order valence-electron chi connectivity index (χ2n) is 5.25. The van der Waals surface area contributed by atoms with E-state index in [1.165, 1.54) is 0 Å². The molecule has 0 aliphatic heterocycles. The maximum atomic E-state index is 11.9. The van der Waals surface area contributed by atoms with Crippen LogP contribution in [0.15, 0.2) is 42.5 Å². The Bertz CT molecular complexity index is 610. The summed E-state index contributed by atoms with van der Waals surface area (Å²) < 4.78 is 5.55. The molecule has 0 heterocycles. The lowest BCUT2D eigenvalue weighted by molar-refractivity contribution is -0.132. The van der Waals surface area contributed by atoms with Crippen LogP contribution in [0, 0.1) is 0 Å². The minimum atomic E-state index is -0.401. The number of ether oxygens (including phenoxy) is 1. The van der Waals surface area contributed by atoms with Gasteiger partial charge in [-0.25, -0.2) is 0 Å². The molecule has 2 rings (SSSR count). The van der Waals surface area contributed by atoms with Crippen molar-refractivity contribution in [3.8, 4) is 5.75 Å². The predicted octanol–water partition coefficient (Wildman–Crippen LogP) is 2.45. The molecule has 4 nitrogen and oxygen atoms in total. The molecule has 0 saturated heterocycles. The molecule has 2 aromatic rings. The van der Waals surface area contributed by atoms with Gasteiger partial charge in [-0.1, -0.05) is 30.3 Å². The minimum absolute atomic E-state index is 0.00858. The maximum absolute atomic E-state index is 11.9. The highest BCUT2D eigenvalue weighted by molar-refractivity contribution is 5.84. The fraction of sp³-hybridized carbons (Fsp3) is 0.353. The van der Waals surface area contributed by atoms with Crippen LogP contribution in [0.3, 0.4) is 0 Å². The quantitative estimate of drug-likeness (QED) is 0.888. The second kappa shape index (κ2) is 7.09. The van der Waals surface area contributed by atoms with E-state index < -0.39 is 6.10 Å². The summed E-state index contributed by atoms with van der Waals surface area (Å²) in [6, 6.07) is 13.8. The minimum Gasteiger partial charge on any atom is -0.484 e. The molecule has 0 spiro atoms. The number of amides is 1. The topological polar surface area (TPSA) is 49.8 Å². The molecule has 1 unspecified atom stereocenters. The van der Waals surface area contributed by atoms with Gasteiger partial charge in [0.1, 0.15) is 5.75 Å². The molecular formula is C17H21NO3. The van der Waals surface area contributed by atoms with Gasteiger partial charge in [0.15, 0.2) is 6.61 Å². The zero-order valence-corrected chi connectivity index (χ0v) is 12.5. The van der Waals surface area contributed by atoms with E-state index in [9.17, 15) is 9.90 Å². The first-order valence-electron chi connectivity index (χ1n) is 7.10. The van der Waals surface area contributed by atoms with Crippen molar-refractivity contribution in [1.82, 2.24) is 4.90 Å². The normalized spacial score (nSPS) is 12.1. The second-order valence-corrected chi connectivity index (χ2v) is 5.25. The summed E-state index contributed by atoms with van der Waals surface area (Å²) in [5.74, 6) is 0.592. The number of fused-ring (bicyclic) bond motifs is 1. The van der Waals surface area contributed by atoms with Gasteiger partial charge in [-0.15, -0.1) is 0 Å². The van der Waals surface area contributed by atoms with Gasteiger partial charge < -0.3 is 14.7 Å². The Kier molecular flexibility index (Phi) is 5.17. The van der Waals surface area contributed by atoms with Crippen LogP contribution in [0.5, 0.6) is 5.75 Å². The van der Waals surface area contributed by atoms with Crippen LogP contribution in [0.25, 0.3) is 10.8 Å². The third-order valence-corrected chi connectivity index (χ3v) is 3.39. The van der Waals surface area contributed by atoms with Crippen LogP contribution < -0.4 is 4.74 Å². The summed E-state index contributed by atoms with van der Waals surface area (Å²) >= 11 is 0. The highest BCUT2D eigenvalue weighted by atomic mass is 16.5. The highest BCUT2D eigenvalue weighted by Crippen LogP contribution is 2.20. The monoisotopic (exact) mass is 287 g/mol. The summed E-state index contributed by atoms with van der Waals surface area (Å²) in [5.41, 5.74) is 0. The molecule has 0 saturated carbocycles. The van der Waals surface area contributed by atoms with E-state index in [1.807, 2.05) is 42.5 Å². The summed E-state index contributed by atoms with van der Waals surface area (Å²) in [6.07, 6.45) is 0.166. The number of likely N-dealkylation sites (N-methyl/N-ethyl adjacent to an activating group) is 1. The van der Waals surface area contributed by atoms with Crippen molar-refractivity contribution in [2.75, 3.05) is 20.2 Å². The lowest BCUT2D eigenvalue weighted by atomic mass is 10.1. The standard InChI is InChI=1S/C17H21NO3/c1-13(19)9-10-18(2)17(20)12-21-16-8-7-14-5-3-4-6-15(14)11-16/h3-8,11,13,19H,9-10,12H2,1-2H3. The number of aliphatic hydroxyl groups is 1. The van der Waals surface area contributed by atoms with Gasteiger partial charge in [0.25, 0.3) is 5.91 Å². The van der Waals surface area contributed by atoms with Gasteiger partial charge in [-0.05, 0) is 36.2 Å². The molecule has 112 valence electrons. The zero-order valence-electron chi connectivity index (χ0n) is 12.5. The molecule has 2 aromatic carbocycles. The first-order valence-corrected chi connectivity index (χ1v) is 7.10. The van der Waals surface area contributed by atoms with Crippen LogP contribution in [0.4, 0.5) is 0 Å². The molecule has 0 bridgehead atoms. The first kappa shape index (κ1) is 15.3. The van der Waals surface area contributed by atoms with Gasteiger partial charge in [0.05, 0.1) is 6.10 Å². The van der Waals surface area contributed by atoms with E-state index in [0.29, 0.717) is 18.7 Å². The van der Waals surface area contributed by atoms with Crippen LogP contribution in [-0.2, 0) is 4.79 Å². The number of benzene rings is 2. The van der Waals surface area contributed by atoms with Gasteiger partial charge in [0.2, 0.25) is 0 Å². The van der Waals surface area contributed by atoms with E-state index in [2.05, 4.69) is 0 Å². The molecule has 4 heteroatoms. The van der Waals surface area contributed by atoms with Crippen LogP contribution in [0.1, 0.15) is 13.3 Å². The molecule has 0 fully saturated rings. The molecule has 0 aliphatic carbocycles. The molecule has 0 aliphatic rings. The SMILES string of the molecule is CC(O)CCN(C)C(=O)COc1ccc2ccccc2c1. The van der Waals surface area contributed by atoms with E-state index >= 15 is 0 Å². The van der Waals surface area contributed by atoms with E-state index in [0.717, 1.165) is 10.8 Å². The van der Waals surface area contributed by atoms with Crippen molar-refractivity contribution in [2.45, 2.75) is 19.4 Å². The van der Waals surface area contributed by atoms with Crippen molar-refractivity contribution in [3.05, 3.63) is 42.5 Å². The third-order valence-electron chi connectivity index (χ3n) is 3.39. The molecule has 0 radical (unpaired) electrons. The Morgan fingerprint density at radius 1 is 1.24 bits per heavy atom. The average molecular weight is 287 g/mol. The number of aliphatic hydroxyl groups excluding tert-OH is 1. The van der Waals surface area contributed by atoms with Gasteiger partial charge in [-0.2, -0.15) is 0 Å². The Balaban J connectivity index is 1.90. The Morgan fingerprint density at radius 3 is 2.67 bits per heavy atom. The van der Waals surface area contributed by atoms with Crippen molar-refractivity contribution in [2.24, 2.45) is 0 Å². The van der Waals surface area contributed by atoms with Crippen molar-refractivity contribution >= 4 is 16.7 Å². The van der Waals surface area contributed by atoms with Crippen molar-refractivity contribution in [3.63, 3.8) is 0 Å². The molecule has 1 amide bonds. The van der Waals surface area contributed by atoms with E-state index in [1.54, 1.807) is 18.9 Å². The van der Waals surface area contributed by atoms with Crippen LogP contribution in [-0.4, -0.2) is 42.2 Å². The lowest BCUT2D eigenvalue weighted by Gasteiger charge is -2.18. The molecule has 21 heavy (non-hydrogen) atoms. The number of nitrogens with zero attached hydrogens (tertiary/aromatic N) is 1. The fourth-order valence-electron chi connectivity index (χ4n) is 2.02. The molecule has 1 N–H and O–H groups in total. The number of hydrogen-bond donors (Lipinski definition) is 1. The number of rotatable bonds is 6. The molecular weight excluding hydrogens is 266 g/mol. The number of carbonyl (C=O) groups is 1. The number of hydrogen-bond acceptors (Lipinski definition) is 3. The summed E-state index contributed by atoms with van der Waals surface area (Å²) in [7, 11) is 1.72. The smallest absolute Gasteiger partial charge is 0.260 e. The number of carbonyl (C=O) groups excluding carboxylic acids is 1. The first-order chi connectivity index (χ1) is 10.1. The molecule has 1 atom stereocenters. The van der Waals surface area contributed by atoms with Crippen molar-refractivity contribution < 1.29 is 14.6 Å². The van der Waals surface area contributed by atoms with Gasteiger partial charge in [0, 0.05) is 13.6 Å². The maximum Gasteiger partial charge on any atom is 0.260 e. The highest BCUT2D eigenvalue weighted by Gasteiger charge is 2.10. The Morgan fingerprint density at radius 2 is 1.95 bits per heavy atom. The Hall–Kier alpha value is -2.07. The third kappa shape index (κ3) is 4.46.